The molecule has 6 nitrogen and oxygen atoms in total. The van der Waals surface area contributed by atoms with E-state index in [1.165, 1.54) is 17.5 Å². The molecule has 1 aromatic carbocycles. The van der Waals surface area contributed by atoms with Crippen LogP contribution in [0.2, 0.25) is 0 Å². The third-order valence-corrected chi connectivity index (χ3v) is 4.67. The fourth-order valence-corrected chi connectivity index (χ4v) is 2.97. The van der Waals surface area contributed by atoms with E-state index >= 15 is 0 Å². The fraction of sp³-hybridized carbons (Fsp3) is 0.500. The van der Waals surface area contributed by atoms with E-state index in [1.807, 2.05) is 11.8 Å². The molecule has 0 spiro atoms. The van der Waals surface area contributed by atoms with Crippen LogP contribution in [-0.2, 0) is 11.3 Å². The molecule has 3 rings (SSSR count). The second-order valence-corrected chi connectivity index (χ2v) is 6.40. The molecule has 0 aliphatic heterocycles. The Morgan fingerprint density at radius 2 is 1.96 bits per heavy atom. The van der Waals surface area contributed by atoms with E-state index in [0.29, 0.717) is 17.3 Å². The SMILES string of the molecule is CCN(CCC1CC1)C(=O)CCn1[nH]c(=O)c2ccccc2c1=O. The van der Waals surface area contributed by atoms with Gasteiger partial charge in [-0.1, -0.05) is 25.0 Å². The molecular weight excluding hydrogens is 306 g/mol. The topological polar surface area (TPSA) is 75.2 Å². The molecule has 1 fully saturated rings. The van der Waals surface area contributed by atoms with Crippen molar-refractivity contribution in [3.05, 3.63) is 45.0 Å². The van der Waals surface area contributed by atoms with E-state index in [1.54, 1.807) is 24.3 Å². The standard InChI is InChI=1S/C18H23N3O3/c1-2-20(11-9-13-7-8-13)16(22)10-12-21-18(24)15-6-4-3-5-14(15)17(23)19-21/h3-6,13H,2,7-12H2,1H3,(H,19,23). The average molecular weight is 329 g/mol. The van der Waals surface area contributed by atoms with Crippen molar-refractivity contribution in [2.45, 2.75) is 39.2 Å². The normalized spacial score (nSPS) is 14.0. The van der Waals surface area contributed by atoms with Gasteiger partial charge in [-0.05, 0) is 31.4 Å². The number of rotatable bonds is 7. The summed E-state index contributed by atoms with van der Waals surface area (Å²) in [5.74, 6) is 0.811. The number of carbonyl (C=O) groups is 1. The van der Waals surface area contributed by atoms with Crippen molar-refractivity contribution in [1.82, 2.24) is 14.7 Å². The minimum absolute atomic E-state index is 0.0269. The molecule has 1 heterocycles. The summed E-state index contributed by atoms with van der Waals surface area (Å²) in [6.45, 7) is 3.62. The first-order chi connectivity index (χ1) is 11.6. The van der Waals surface area contributed by atoms with E-state index in [2.05, 4.69) is 5.10 Å². The predicted octanol–water partition coefficient (Wildman–Crippen LogP) is 1.73. The maximum Gasteiger partial charge on any atom is 0.273 e. The summed E-state index contributed by atoms with van der Waals surface area (Å²) in [6, 6.07) is 6.72. The maximum atomic E-state index is 12.4. The van der Waals surface area contributed by atoms with Crippen LogP contribution in [0.15, 0.2) is 33.9 Å². The smallest absolute Gasteiger partial charge is 0.273 e. The van der Waals surface area contributed by atoms with Crippen molar-refractivity contribution in [2.24, 2.45) is 5.92 Å². The zero-order chi connectivity index (χ0) is 17.1. The fourth-order valence-electron chi connectivity index (χ4n) is 2.97. The van der Waals surface area contributed by atoms with Crippen LogP contribution in [0.25, 0.3) is 10.8 Å². The Balaban J connectivity index is 1.70. The highest BCUT2D eigenvalue weighted by Gasteiger charge is 2.22. The van der Waals surface area contributed by atoms with Crippen molar-refractivity contribution >= 4 is 16.7 Å². The van der Waals surface area contributed by atoms with Crippen LogP contribution in [0.1, 0.15) is 32.6 Å². The molecule has 1 amide bonds. The van der Waals surface area contributed by atoms with Gasteiger partial charge in [0.25, 0.3) is 11.1 Å². The number of amides is 1. The Labute approximate surface area is 140 Å². The number of aromatic nitrogens is 2. The van der Waals surface area contributed by atoms with Gasteiger partial charge < -0.3 is 4.90 Å². The van der Waals surface area contributed by atoms with E-state index < -0.39 is 0 Å². The summed E-state index contributed by atoms with van der Waals surface area (Å²) in [5.41, 5.74) is -0.572. The molecule has 24 heavy (non-hydrogen) atoms. The lowest BCUT2D eigenvalue weighted by molar-refractivity contribution is -0.131. The number of nitrogens with one attached hydrogen (secondary N) is 1. The van der Waals surface area contributed by atoms with Crippen molar-refractivity contribution in [1.29, 1.82) is 0 Å². The maximum absolute atomic E-state index is 12.4. The molecular formula is C18H23N3O3. The van der Waals surface area contributed by atoms with E-state index in [4.69, 9.17) is 0 Å². The lowest BCUT2D eigenvalue weighted by Crippen LogP contribution is -2.35. The second-order valence-electron chi connectivity index (χ2n) is 6.40. The van der Waals surface area contributed by atoms with E-state index in [0.717, 1.165) is 18.9 Å². The quantitative estimate of drug-likeness (QED) is 0.840. The first kappa shape index (κ1) is 16.5. The van der Waals surface area contributed by atoms with Crippen LogP contribution in [0.3, 0.4) is 0 Å². The summed E-state index contributed by atoms with van der Waals surface area (Å²) < 4.78 is 1.25. The Morgan fingerprint density at radius 1 is 1.25 bits per heavy atom. The molecule has 0 radical (unpaired) electrons. The molecule has 2 aromatic rings. The summed E-state index contributed by atoms with van der Waals surface area (Å²) in [6.07, 6.45) is 3.83. The molecule has 1 aliphatic carbocycles. The van der Waals surface area contributed by atoms with Crippen LogP contribution < -0.4 is 11.1 Å². The molecule has 0 bridgehead atoms. The van der Waals surface area contributed by atoms with Crippen molar-refractivity contribution in [3.8, 4) is 0 Å². The number of nitrogens with zero attached hydrogens (tertiary/aromatic N) is 2. The van der Waals surface area contributed by atoms with Crippen molar-refractivity contribution in [2.75, 3.05) is 13.1 Å². The third-order valence-electron chi connectivity index (χ3n) is 4.67. The zero-order valence-corrected chi connectivity index (χ0v) is 14.0. The number of carbonyl (C=O) groups excluding carboxylic acids is 1. The van der Waals surface area contributed by atoms with Crippen LogP contribution in [0.5, 0.6) is 0 Å². The van der Waals surface area contributed by atoms with Crippen LogP contribution in [0, 0.1) is 5.92 Å². The number of hydrogen-bond acceptors (Lipinski definition) is 3. The minimum atomic E-state index is -0.307. The molecule has 128 valence electrons. The van der Waals surface area contributed by atoms with E-state index in [-0.39, 0.29) is 30.0 Å². The van der Waals surface area contributed by atoms with Crippen molar-refractivity contribution in [3.63, 3.8) is 0 Å². The zero-order valence-electron chi connectivity index (χ0n) is 14.0. The first-order valence-corrected chi connectivity index (χ1v) is 8.59. The predicted molar refractivity (Wildman–Crippen MR) is 93.0 cm³/mol. The Kier molecular flexibility index (Phi) is 4.83. The molecule has 1 aliphatic rings. The van der Waals surface area contributed by atoms with Gasteiger partial charge in [0.1, 0.15) is 0 Å². The highest BCUT2D eigenvalue weighted by molar-refractivity contribution is 5.80. The van der Waals surface area contributed by atoms with Gasteiger partial charge in [-0.3, -0.25) is 19.5 Å². The van der Waals surface area contributed by atoms with Gasteiger partial charge in [-0.15, -0.1) is 0 Å². The largest absolute Gasteiger partial charge is 0.343 e. The monoisotopic (exact) mass is 329 g/mol. The Morgan fingerprint density at radius 3 is 2.62 bits per heavy atom. The number of H-pyrrole nitrogens is 1. The average Bonchev–Trinajstić information content (AvgIpc) is 3.42. The number of fused-ring (bicyclic) bond motifs is 1. The molecule has 0 atom stereocenters. The van der Waals surface area contributed by atoms with Gasteiger partial charge in [0.2, 0.25) is 5.91 Å². The van der Waals surface area contributed by atoms with Gasteiger partial charge >= 0.3 is 0 Å². The van der Waals surface area contributed by atoms with Gasteiger partial charge in [0.15, 0.2) is 0 Å². The Bertz CT molecular complexity index is 848. The lowest BCUT2D eigenvalue weighted by Gasteiger charge is -2.21. The molecule has 0 saturated heterocycles. The van der Waals surface area contributed by atoms with Gasteiger partial charge in [0.05, 0.1) is 17.3 Å². The van der Waals surface area contributed by atoms with Gasteiger partial charge in [0, 0.05) is 19.5 Å². The lowest BCUT2D eigenvalue weighted by atomic mass is 10.2. The summed E-state index contributed by atoms with van der Waals surface area (Å²) in [5, 5.41) is 3.33. The number of aryl methyl sites for hydroxylation is 1. The number of aromatic amines is 1. The summed E-state index contributed by atoms with van der Waals surface area (Å²) in [7, 11) is 0. The summed E-state index contributed by atoms with van der Waals surface area (Å²) in [4.78, 5) is 38.7. The Hall–Kier alpha value is -2.37. The first-order valence-electron chi connectivity index (χ1n) is 8.59. The van der Waals surface area contributed by atoms with E-state index in [9.17, 15) is 14.4 Å². The highest BCUT2D eigenvalue weighted by atomic mass is 16.2. The van der Waals surface area contributed by atoms with Gasteiger partial charge in [-0.2, -0.15) is 0 Å². The third kappa shape index (κ3) is 3.58. The molecule has 0 unspecified atom stereocenters. The highest BCUT2D eigenvalue weighted by Crippen LogP contribution is 2.32. The summed E-state index contributed by atoms with van der Waals surface area (Å²) >= 11 is 0. The molecule has 6 heteroatoms. The van der Waals surface area contributed by atoms with Crippen LogP contribution in [-0.4, -0.2) is 33.7 Å². The number of hydrogen-bond donors (Lipinski definition) is 1. The number of benzene rings is 1. The second kappa shape index (κ2) is 7.03. The minimum Gasteiger partial charge on any atom is -0.343 e. The molecule has 1 saturated carbocycles. The van der Waals surface area contributed by atoms with Gasteiger partial charge in [-0.25, -0.2) is 4.68 Å². The molecule has 1 N–H and O–H groups in total. The van der Waals surface area contributed by atoms with Crippen molar-refractivity contribution < 1.29 is 4.79 Å². The van der Waals surface area contributed by atoms with Crippen LogP contribution in [0.4, 0.5) is 0 Å². The van der Waals surface area contributed by atoms with Crippen LogP contribution >= 0.6 is 0 Å². The molecule has 1 aromatic heterocycles.